The predicted molar refractivity (Wildman–Crippen MR) is 213 cm³/mol. The number of fused-ring (bicyclic) bond motifs is 3. The van der Waals surface area contributed by atoms with Gasteiger partial charge in [0, 0.05) is 66.1 Å². The van der Waals surface area contributed by atoms with Crippen LogP contribution in [-0.2, 0) is 22.7 Å². The van der Waals surface area contributed by atoms with Crippen molar-refractivity contribution in [2.75, 3.05) is 11.9 Å². The summed E-state index contributed by atoms with van der Waals surface area (Å²) in [4.78, 5) is 39.8. The monoisotopic (exact) mass is 821 g/mol. The number of carbonyl (C=O) groups excluding carboxylic acids is 1. The molecule has 3 aromatic heterocycles. The number of ether oxygens (including phenoxy) is 1. The third-order valence-electron chi connectivity index (χ3n) is 11.0. The van der Waals surface area contributed by atoms with Gasteiger partial charge in [0.25, 0.3) is 0 Å². The lowest BCUT2D eigenvalue weighted by molar-refractivity contribution is -0.144. The number of thiazole rings is 1. The van der Waals surface area contributed by atoms with Crippen molar-refractivity contribution in [2.45, 2.75) is 83.3 Å². The van der Waals surface area contributed by atoms with E-state index in [0.29, 0.717) is 99.4 Å². The number of hydrogen-bond acceptors (Lipinski definition) is 10. The van der Waals surface area contributed by atoms with Gasteiger partial charge in [-0.2, -0.15) is 8.78 Å². The third-order valence-corrected chi connectivity index (χ3v) is 12.8. The smallest absolute Gasteiger partial charge is 0.388 e. The van der Waals surface area contributed by atoms with Gasteiger partial charge >= 0.3 is 12.6 Å². The zero-order valence-corrected chi connectivity index (χ0v) is 32.7. The number of benzene rings is 2. The Kier molecular flexibility index (Phi) is 11.1. The molecule has 2 bridgehead atoms. The van der Waals surface area contributed by atoms with Crippen LogP contribution in [0.1, 0.15) is 54.7 Å². The number of nitrogens with one attached hydrogen (secondary N) is 3. The molecule has 0 unspecified atom stereocenters. The maximum Gasteiger partial charge on any atom is 0.388 e. The van der Waals surface area contributed by atoms with Gasteiger partial charge in [0.05, 0.1) is 38.6 Å². The molecule has 0 aliphatic carbocycles. The maximum atomic E-state index is 13.6. The van der Waals surface area contributed by atoms with Crippen LogP contribution in [-0.4, -0.2) is 68.1 Å². The van der Waals surface area contributed by atoms with E-state index in [2.05, 4.69) is 30.8 Å². The lowest BCUT2D eigenvalue weighted by Crippen LogP contribution is -2.44. The van der Waals surface area contributed by atoms with Gasteiger partial charge in [0.2, 0.25) is 11.8 Å². The van der Waals surface area contributed by atoms with Crippen molar-refractivity contribution >= 4 is 68.1 Å². The van der Waals surface area contributed by atoms with Crippen LogP contribution in [0.15, 0.2) is 54.7 Å². The summed E-state index contributed by atoms with van der Waals surface area (Å²) in [7, 11) is 0. The summed E-state index contributed by atoms with van der Waals surface area (Å²) in [6, 6.07) is 15.1. The number of carbonyl (C=O) groups is 2. The zero-order valence-electron chi connectivity index (χ0n) is 30.3. The number of aliphatic carboxylic acids is 1. The third kappa shape index (κ3) is 7.90. The zero-order chi connectivity index (χ0) is 39.1. The van der Waals surface area contributed by atoms with Gasteiger partial charge in [0.15, 0.2) is 5.82 Å². The Morgan fingerprint density at radius 1 is 1.05 bits per heavy atom. The molecule has 56 heavy (non-hydrogen) atoms. The summed E-state index contributed by atoms with van der Waals surface area (Å²) < 4.78 is 33.1. The van der Waals surface area contributed by atoms with Crippen molar-refractivity contribution in [3.8, 4) is 28.3 Å². The van der Waals surface area contributed by atoms with Crippen molar-refractivity contribution in [2.24, 2.45) is 5.92 Å². The van der Waals surface area contributed by atoms with Crippen LogP contribution in [0.2, 0.25) is 10.0 Å². The molecule has 5 aromatic rings. The molecule has 0 saturated carbocycles. The van der Waals surface area contributed by atoms with E-state index in [1.807, 2.05) is 30.3 Å². The average molecular weight is 823 g/mol. The molecule has 1 amide bonds. The molecule has 16 heteroatoms. The van der Waals surface area contributed by atoms with E-state index >= 15 is 0 Å². The topological polar surface area (TPSA) is 142 Å². The molecule has 11 nitrogen and oxygen atoms in total. The molecule has 3 aliphatic rings. The quantitative estimate of drug-likeness (QED) is 0.0913. The Hall–Kier alpha value is -4.47. The molecule has 4 atom stereocenters. The standard InChI is InChI=1S/C40H39Cl2F2N7O4S/c1-20-14-30(49-38(55-40(43)44)28(20)18-45-17-22-8-11-32(52)47-22)27-6-2-4-25(34(27)41)26-5-3-7-29(35(26)42)48-37-36-31(12-13-46-37)56-33(50-36)19-51-23-9-10-24(51)16-21(15-23)39(53)54/h2-7,12-14,21-24,40,45H,8-11,15-19H2,1H3,(H,46,48)(H,47,52)(H,53,54)/t21-,22-,23-,24+/m0/s1. The van der Waals surface area contributed by atoms with E-state index in [-0.39, 0.29) is 42.4 Å². The number of nitrogens with zero attached hydrogens (tertiary/aromatic N) is 4. The van der Waals surface area contributed by atoms with E-state index in [9.17, 15) is 23.5 Å². The molecular weight excluding hydrogens is 783 g/mol. The minimum Gasteiger partial charge on any atom is -0.481 e. The van der Waals surface area contributed by atoms with E-state index < -0.39 is 12.6 Å². The second kappa shape index (κ2) is 16.2. The van der Waals surface area contributed by atoms with Gasteiger partial charge in [0.1, 0.15) is 10.5 Å². The van der Waals surface area contributed by atoms with Gasteiger partial charge in [-0.15, -0.1) is 11.3 Å². The number of alkyl halides is 2. The summed E-state index contributed by atoms with van der Waals surface area (Å²) in [5, 5.41) is 20.8. The van der Waals surface area contributed by atoms with Crippen molar-refractivity contribution in [1.29, 1.82) is 0 Å². The normalized spacial score (nSPS) is 20.9. The highest BCUT2D eigenvalue weighted by atomic mass is 35.5. The molecule has 0 radical (unpaired) electrons. The van der Waals surface area contributed by atoms with Crippen LogP contribution in [0.4, 0.5) is 20.3 Å². The van der Waals surface area contributed by atoms with Crippen molar-refractivity contribution < 1.29 is 28.2 Å². The lowest BCUT2D eigenvalue weighted by Gasteiger charge is -2.36. The molecule has 2 aromatic carbocycles. The van der Waals surface area contributed by atoms with Gasteiger partial charge in [-0.1, -0.05) is 53.5 Å². The lowest BCUT2D eigenvalue weighted by atomic mass is 9.91. The summed E-state index contributed by atoms with van der Waals surface area (Å²) >= 11 is 15.8. The van der Waals surface area contributed by atoms with Gasteiger partial charge in [-0.3, -0.25) is 14.5 Å². The summed E-state index contributed by atoms with van der Waals surface area (Å²) in [6.45, 7) is 0.0780. The van der Waals surface area contributed by atoms with Crippen LogP contribution >= 0.6 is 34.5 Å². The second-order valence-corrected chi connectivity index (χ2v) is 16.4. The number of aryl methyl sites for hydroxylation is 1. The molecule has 6 heterocycles. The van der Waals surface area contributed by atoms with Crippen molar-refractivity contribution in [1.82, 2.24) is 30.5 Å². The SMILES string of the molecule is Cc1cc(-c2cccc(-c3cccc(Nc4nccc5sc(CN6[C@@H]7CC[C@H]6C[C@H](C(=O)O)C7)nc45)c3Cl)c2Cl)nc(OC(F)F)c1CNC[C@@H]1CCC(=O)N1. The fourth-order valence-corrected chi connectivity index (χ4v) is 9.83. The largest absolute Gasteiger partial charge is 0.481 e. The van der Waals surface area contributed by atoms with Gasteiger partial charge < -0.3 is 25.8 Å². The fourth-order valence-electron chi connectivity index (χ4n) is 8.26. The van der Waals surface area contributed by atoms with Crippen LogP contribution in [0.25, 0.3) is 32.6 Å². The number of halogens is 4. The van der Waals surface area contributed by atoms with E-state index in [0.717, 1.165) is 22.5 Å². The number of aromatic nitrogens is 3. The van der Waals surface area contributed by atoms with E-state index in [4.69, 9.17) is 32.9 Å². The minimum atomic E-state index is -3.09. The molecule has 4 N–H and O–H groups in total. The van der Waals surface area contributed by atoms with Gasteiger partial charge in [-0.05, 0) is 62.8 Å². The number of anilines is 2. The number of rotatable bonds is 13. The Balaban J connectivity index is 1.03. The van der Waals surface area contributed by atoms with E-state index in [1.54, 1.807) is 42.7 Å². The van der Waals surface area contributed by atoms with Crippen molar-refractivity contribution in [3.05, 3.63) is 80.9 Å². The minimum absolute atomic E-state index is 0.000453. The number of pyridine rings is 2. The van der Waals surface area contributed by atoms with Gasteiger partial charge in [-0.25, -0.2) is 15.0 Å². The molecule has 0 spiro atoms. The van der Waals surface area contributed by atoms with Crippen molar-refractivity contribution in [3.63, 3.8) is 0 Å². The maximum absolute atomic E-state index is 13.6. The Bertz CT molecular complexity index is 2300. The average Bonchev–Trinajstić information content (AvgIpc) is 3.84. The number of amides is 1. The van der Waals surface area contributed by atoms with Crippen LogP contribution in [0.5, 0.6) is 5.88 Å². The Morgan fingerprint density at radius 3 is 2.50 bits per heavy atom. The molecule has 3 saturated heterocycles. The van der Waals surface area contributed by atoms with E-state index in [1.165, 1.54) is 0 Å². The Morgan fingerprint density at radius 2 is 1.79 bits per heavy atom. The highest BCUT2D eigenvalue weighted by Gasteiger charge is 2.43. The van der Waals surface area contributed by atoms with Crippen LogP contribution < -0.4 is 20.7 Å². The predicted octanol–water partition coefficient (Wildman–Crippen LogP) is 8.58. The number of carboxylic acids is 1. The first-order valence-corrected chi connectivity index (χ1v) is 20.1. The highest BCUT2D eigenvalue weighted by molar-refractivity contribution is 7.18. The van der Waals surface area contributed by atoms with Crippen LogP contribution in [0, 0.1) is 12.8 Å². The molecule has 3 aliphatic heterocycles. The second-order valence-electron chi connectivity index (χ2n) is 14.6. The molecule has 8 rings (SSSR count). The summed E-state index contributed by atoms with van der Waals surface area (Å²) in [5.74, 6) is -0.638. The molecule has 3 fully saturated rings. The summed E-state index contributed by atoms with van der Waals surface area (Å²) in [6.07, 6.45) is 6.26. The fraction of sp³-hybridized carbons (Fsp3) is 0.375. The highest BCUT2D eigenvalue weighted by Crippen LogP contribution is 2.44. The first-order valence-electron chi connectivity index (χ1n) is 18.6. The van der Waals surface area contributed by atoms with Crippen LogP contribution in [0.3, 0.4) is 0 Å². The number of hydrogen-bond donors (Lipinski definition) is 4. The summed E-state index contributed by atoms with van der Waals surface area (Å²) in [5.41, 5.74) is 4.58. The molecule has 292 valence electrons. The first-order chi connectivity index (χ1) is 27.0. The first kappa shape index (κ1) is 38.4. The Labute approximate surface area is 335 Å². The number of carboxylic acid groups (broad SMARTS) is 1. The molecular formula is C40H39Cl2F2N7O4S. The number of piperidine rings is 1.